The maximum Gasteiger partial charge on any atom is 0.190 e. The Hall–Kier alpha value is -2.31. The Bertz CT molecular complexity index is 890. The van der Waals surface area contributed by atoms with Gasteiger partial charge in [0.2, 0.25) is 0 Å². The number of fused-ring (bicyclic) bond motifs is 1. The van der Waals surface area contributed by atoms with E-state index in [0.717, 1.165) is 21.0 Å². The fourth-order valence-electron chi connectivity index (χ4n) is 2.28. The first-order chi connectivity index (χ1) is 11.4. The molecule has 0 saturated carbocycles. The quantitative estimate of drug-likeness (QED) is 0.516. The van der Waals surface area contributed by atoms with Gasteiger partial charge in [-0.15, -0.1) is 0 Å². The molecule has 0 saturated heterocycles. The minimum Gasteiger partial charge on any atom is -0.332 e. The van der Waals surface area contributed by atoms with E-state index in [9.17, 15) is 4.79 Å². The van der Waals surface area contributed by atoms with Crippen molar-refractivity contribution >= 4 is 55.5 Å². The molecule has 1 aromatic heterocycles. The van der Waals surface area contributed by atoms with Crippen molar-refractivity contribution in [2.24, 2.45) is 0 Å². The fraction of sp³-hybridized carbons (Fsp3) is 0.167. The van der Waals surface area contributed by atoms with Crippen LogP contribution in [-0.2, 0) is 0 Å². The number of carbonyl (C=O) groups excluding carboxylic acids is 1. The molecule has 3 aromatic rings. The Morgan fingerprint density at radius 2 is 1.75 bits per heavy atom. The molecule has 0 fully saturated rings. The molecule has 0 bridgehead atoms. The smallest absolute Gasteiger partial charge is 0.190 e. The van der Waals surface area contributed by atoms with Crippen molar-refractivity contribution in [3.63, 3.8) is 0 Å². The summed E-state index contributed by atoms with van der Waals surface area (Å²) in [6.07, 6.45) is 0. The molecule has 0 amide bonds. The topological polar surface area (TPSA) is 54.0 Å². The highest BCUT2D eigenvalue weighted by molar-refractivity contribution is 7.80. The number of anilines is 2. The van der Waals surface area contributed by atoms with E-state index >= 15 is 0 Å². The number of carbonyl (C=O) groups is 1. The third kappa shape index (κ3) is 3.60. The normalized spacial score (nSPS) is 10.6. The molecule has 0 atom stereocenters. The maximum absolute atomic E-state index is 11.3. The van der Waals surface area contributed by atoms with Crippen LogP contribution in [0.2, 0.25) is 0 Å². The Kier molecular flexibility index (Phi) is 4.59. The molecule has 0 aliphatic rings. The van der Waals surface area contributed by atoms with E-state index < -0.39 is 0 Å². The average molecular weight is 355 g/mol. The van der Waals surface area contributed by atoms with Crippen molar-refractivity contribution in [2.75, 3.05) is 10.6 Å². The third-order valence-corrected chi connectivity index (χ3v) is 4.91. The number of rotatable bonds is 3. The van der Waals surface area contributed by atoms with E-state index in [1.54, 1.807) is 30.4 Å². The summed E-state index contributed by atoms with van der Waals surface area (Å²) in [7, 11) is 0. The predicted molar refractivity (Wildman–Crippen MR) is 105 cm³/mol. The van der Waals surface area contributed by atoms with Gasteiger partial charge in [-0.25, -0.2) is 4.98 Å². The highest BCUT2D eigenvalue weighted by atomic mass is 32.1. The van der Waals surface area contributed by atoms with E-state index in [2.05, 4.69) is 41.6 Å². The van der Waals surface area contributed by atoms with Crippen molar-refractivity contribution in [1.82, 2.24) is 4.98 Å². The van der Waals surface area contributed by atoms with E-state index in [4.69, 9.17) is 12.2 Å². The summed E-state index contributed by atoms with van der Waals surface area (Å²) in [6.45, 7) is 5.72. The van der Waals surface area contributed by atoms with Crippen molar-refractivity contribution in [3.8, 4) is 0 Å². The molecule has 0 aliphatic heterocycles. The van der Waals surface area contributed by atoms with Gasteiger partial charge in [-0.3, -0.25) is 4.79 Å². The molecule has 0 unspecified atom stereocenters. The number of aromatic nitrogens is 1. The van der Waals surface area contributed by atoms with Crippen molar-refractivity contribution in [3.05, 3.63) is 53.1 Å². The van der Waals surface area contributed by atoms with Gasteiger partial charge in [-0.1, -0.05) is 11.3 Å². The number of nitrogens with one attached hydrogen (secondary N) is 2. The number of aryl methyl sites for hydroxylation is 2. The van der Waals surface area contributed by atoms with Gasteiger partial charge >= 0.3 is 0 Å². The van der Waals surface area contributed by atoms with Gasteiger partial charge < -0.3 is 10.6 Å². The zero-order valence-corrected chi connectivity index (χ0v) is 15.3. The molecule has 0 spiro atoms. The molecule has 1 heterocycles. The van der Waals surface area contributed by atoms with Crippen LogP contribution in [0.15, 0.2) is 36.4 Å². The second-order valence-corrected chi connectivity index (χ2v) is 7.07. The molecule has 122 valence electrons. The molecule has 2 aromatic carbocycles. The number of benzene rings is 2. The summed E-state index contributed by atoms with van der Waals surface area (Å²) in [4.78, 5) is 15.9. The number of thiazole rings is 1. The summed E-state index contributed by atoms with van der Waals surface area (Å²) in [6, 6.07) is 11.4. The first kappa shape index (κ1) is 16.5. The minimum absolute atomic E-state index is 0.0438. The van der Waals surface area contributed by atoms with Gasteiger partial charge in [0.05, 0.1) is 10.2 Å². The molecule has 0 radical (unpaired) electrons. The number of ketones is 1. The predicted octanol–water partition coefficient (Wildman–Crippen LogP) is 4.92. The van der Waals surface area contributed by atoms with Gasteiger partial charge in [-0.2, -0.15) is 0 Å². The van der Waals surface area contributed by atoms with Crippen molar-refractivity contribution in [2.45, 2.75) is 20.8 Å². The molecular formula is C18H17N3OS2. The van der Waals surface area contributed by atoms with Crippen LogP contribution in [0.5, 0.6) is 0 Å². The van der Waals surface area contributed by atoms with Crippen LogP contribution < -0.4 is 10.6 Å². The SMILES string of the molecule is CC(=O)c1ccc(NC(=S)Nc2nc3cc(C)c(C)cc3s2)cc1. The van der Waals surface area contributed by atoms with Crippen LogP contribution in [0.25, 0.3) is 10.2 Å². The number of hydrogen-bond acceptors (Lipinski definition) is 4. The number of thiocarbonyl (C=S) groups is 1. The lowest BCUT2D eigenvalue weighted by Crippen LogP contribution is -2.18. The maximum atomic E-state index is 11.3. The lowest BCUT2D eigenvalue weighted by Gasteiger charge is -2.08. The van der Waals surface area contributed by atoms with Gasteiger partial charge in [-0.05, 0) is 80.5 Å². The molecule has 2 N–H and O–H groups in total. The standard InChI is InChI=1S/C18H17N3OS2/c1-10-8-15-16(9-11(10)2)24-18(20-15)21-17(23)19-14-6-4-13(5-7-14)12(3)22/h4-9H,1-3H3,(H2,19,20,21,23). The molecule has 24 heavy (non-hydrogen) atoms. The second kappa shape index (κ2) is 6.67. The summed E-state index contributed by atoms with van der Waals surface area (Å²) in [5.74, 6) is 0.0438. The van der Waals surface area contributed by atoms with E-state index in [-0.39, 0.29) is 5.78 Å². The van der Waals surface area contributed by atoms with Gasteiger partial charge in [0.25, 0.3) is 0 Å². The average Bonchev–Trinajstić information content (AvgIpc) is 2.89. The van der Waals surface area contributed by atoms with E-state index in [0.29, 0.717) is 10.7 Å². The van der Waals surface area contributed by atoms with E-state index in [1.807, 2.05) is 12.1 Å². The fourth-order valence-corrected chi connectivity index (χ4v) is 3.51. The zero-order chi connectivity index (χ0) is 17.3. The molecule has 0 aliphatic carbocycles. The van der Waals surface area contributed by atoms with E-state index in [1.165, 1.54) is 11.1 Å². The summed E-state index contributed by atoms with van der Waals surface area (Å²) < 4.78 is 1.13. The minimum atomic E-state index is 0.0438. The highest BCUT2D eigenvalue weighted by Crippen LogP contribution is 2.28. The lowest BCUT2D eigenvalue weighted by atomic mass is 10.1. The third-order valence-electron chi connectivity index (χ3n) is 3.77. The number of Topliss-reactive ketones (excluding diaryl/α,β-unsaturated/α-hetero) is 1. The summed E-state index contributed by atoms with van der Waals surface area (Å²) >= 11 is 6.91. The Balaban J connectivity index is 1.71. The molecule has 6 heteroatoms. The zero-order valence-electron chi connectivity index (χ0n) is 13.6. The Labute approximate surface area is 149 Å². The van der Waals surface area contributed by atoms with Gasteiger partial charge in [0.1, 0.15) is 0 Å². The molecule has 4 nitrogen and oxygen atoms in total. The van der Waals surface area contributed by atoms with Crippen molar-refractivity contribution < 1.29 is 4.79 Å². The van der Waals surface area contributed by atoms with Gasteiger partial charge in [0, 0.05) is 11.3 Å². The Morgan fingerprint density at radius 3 is 2.42 bits per heavy atom. The largest absolute Gasteiger partial charge is 0.332 e. The highest BCUT2D eigenvalue weighted by Gasteiger charge is 2.08. The summed E-state index contributed by atoms with van der Waals surface area (Å²) in [5, 5.41) is 7.44. The lowest BCUT2D eigenvalue weighted by molar-refractivity contribution is 0.101. The number of hydrogen-bond donors (Lipinski definition) is 2. The van der Waals surface area contributed by atoms with Crippen LogP contribution in [0.1, 0.15) is 28.4 Å². The van der Waals surface area contributed by atoms with Crippen LogP contribution in [0.3, 0.4) is 0 Å². The molecule has 3 rings (SSSR count). The van der Waals surface area contributed by atoms with Crippen LogP contribution in [0, 0.1) is 13.8 Å². The molecular weight excluding hydrogens is 338 g/mol. The number of nitrogens with zero attached hydrogens (tertiary/aromatic N) is 1. The van der Waals surface area contributed by atoms with Crippen LogP contribution in [-0.4, -0.2) is 15.9 Å². The summed E-state index contributed by atoms with van der Waals surface area (Å²) in [5.41, 5.74) is 4.95. The van der Waals surface area contributed by atoms with Crippen LogP contribution >= 0.6 is 23.6 Å². The van der Waals surface area contributed by atoms with Gasteiger partial charge in [0.15, 0.2) is 16.0 Å². The second-order valence-electron chi connectivity index (χ2n) is 5.64. The Morgan fingerprint density at radius 1 is 1.08 bits per heavy atom. The monoisotopic (exact) mass is 355 g/mol. The first-order valence-electron chi connectivity index (χ1n) is 7.49. The van der Waals surface area contributed by atoms with Crippen LogP contribution in [0.4, 0.5) is 10.8 Å². The van der Waals surface area contributed by atoms with Crippen molar-refractivity contribution in [1.29, 1.82) is 0 Å². The first-order valence-corrected chi connectivity index (χ1v) is 8.71.